The summed E-state index contributed by atoms with van der Waals surface area (Å²) in [7, 11) is -3.76. The Morgan fingerprint density at radius 2 is 2.04 bits per heavy atom. The fraction of sp³-hybridized carbons (Fsp3) is 0.357. The molecule has 1 N–H and O–H groups in total. The molecule has 1 aliphatic rings. The maximum atomic E-state index is 12.6. The molecule has 0 radical (unpaired) electrons. The Labute approximate surface area is 145 Å². The Morgan fingerprint density at radius 3 is 2.62 bits per heavy atom. The molecule has 1 aromatic carbocycles. The summed E-state index contributed by atoms with van der Waals surface area (Å²) in [6, 6.07) is 5.08. The van der Waals surface area contributed by atoms with E-state index < -0.39 is 14.9 Å². The number of benzene rings is 1. The van der Waals surface area contributed by atoms with Crippen LogP contribution < -0.4 is 5.32 Å². The van der Waals surface area contributed by atoms with Crippen LogP contribution in [0.25, 0.3) is 0 Å². The van der Waals surface area contributed by atoms with Gasteiger partial charge in [-0.1, -0.05) is 12.1 Å². The maximum Gasteiger partial charge on any atom is 0.270 e. The fourth-order valence-electron chi connectivity index (χ4n) is 2.31. The molecule has 0 aliphatic carbocycles. The summed E-state index contributed by atoms with van der Waals surface area (Å²) in [5.74, 6) is 0. The Morgan fingerprint density at radius 1 is 1.38 bits per heavy atom. The summed E-state index contributed by atoms with van der Waals surface area (Å²) in [4.78, 5) is 12.0. The van der Waals surface area contributed by atoms with Crippen LogP contribution in [0.15, 0.2) is 41.8 Å². The summed E-state index contributed by atoms with van der Waals surface area (Å²) in [6.07, 6.45) is 1.69. The van der Waals surface area contributed by atoms with Crippen molar-refractivity contribution < 1.29 is 13.3 Å². The van der Waals surface area contributed by atoms with Crippen LogP contribution in [0.2, 0.25) is 0 Å². The first-order valence-electron chi connectivity index (χ1n) is 7.24. The van der Waals surface area contributed by atoms with E-state index in [4.69, 9.17) is 12.2 Å². The largest absolute Gasteiger partial charge is 0.359 e. The first-order chi connectivity index (χ1) is 11.4. The van der Waals surface area contributed by atoms with Crippen molar-refractivity contribution >= 4 is 33.0 Å². The van der Waals surface area contributed by atoms with Crippen LogP contribution >= 0.6 is 12.2 Å². The summed E-state index contributed by atoms with van der Waals surface area (Å²) in [5.41, 5.74) is -0.246. The lowest BCUT2D eigenvalue weighted by Crippen LogP contribution is -2.53. The predicted octanol–water partition coefficient (Wildman–Crippen LogP) is 0.962. The molecular weight excluding hydrogens is 352 g/mol. The summed E-state index contributed by atoms with van der Waals surface area (Å²) in [6.45, 7) is 5.59. The van der Waals surface area contributed by atoms with E-state index in [0.29, 0.717) is 24.7 Å². The molecule has 0 saturated carbocycles. The van der Waals surface area contributed by atoms with Gasteiger partial charge in [0.2, 0.25) is 10.0 Å². The minimum Gasteiger partial charge on any atom is -0.359 e. The molecule has 8 nitrogen and oxygen atoms in total. The van der Waals surface area contributed by atoms with Gasteiger partial charge in [-0.15, -0.1) is 6.58 Å². The van der Waals surface area contributed by atoms with Crippen LogP contribution in [0.3, 0.4) is 0 Å². The Hall–Kier alpha value is -2.04. The molecule has 0 unspecified atom stereocenters. The van der Waals surface area contributed by atoms with Crippen molar-refractivity contribution in [1.82, 2.24) is 14.5 Å². The summed E-state index contributed by atoms with van der Waals surface area (Å²) < 4.78 is 26.6. The molecule has 0 spiro atoms. The van der Waals surface area contributed by atoms with Crippen molar-refractivity contribution in [2.75, 3.05) is 32.7 Å². The number of hydrogen-bond acceptors (Lipinski definition) is 5. The quantitative estimate of drug-likeness (QED) is 0.357. The van der Waals surface area contributed by atoms with Crippen molar-refractivity contribution in [3.63, 3.8) is 0 Å². The zero-order valence-corrected chi connectivity index (χ0v) is 14.6. The number of nitro benzene ring substituents is 1. The molecule has 0 atom stereocenters. The van der Waals surface area contributed by atoms with E-state index in [1.165, 1.54) is 22.5 Å². The van der Waals surface area contributed by atoms with Crippen LogP contribution in [0.4, 0.5) is 5.69 Å². The van der Waals surface area contributed by atoms with Crippen LogP contribution in [-0.2, 0) is 10.0 Å². The number of non-ortho nitro benzene ring substituents is 1. The molecule has 1 fully saturated rings. The van der Waals surface area contributed by atoms with E-state index >= 15 is 0 Å². The minimum atomic E-state index is -3.76. The van der Waals surface area contributed by atoms with E-state index in [1.54, 1.807) is 6.08 Å². The van der Waals surface area contributed by atoms with Crippen LogP contribution in [0.5, 0.6) is 0 Å². The van der Waals surface area contributed by atoms with Crippen molar-refractivity contribution in [2.45, 2.75) is 4.90 Å². The summed E-state index contributed by atoms with van der Waals surface area (Å²) >= 11 is 5.23. The predicted molar refractivity (Wildman–Crippen MR) is 94.2 cm³/mol. The van der Waals surface area contributed by atoms with Gasteiger partial charge in [0.25, 0.3) is 5.69 Å². The zero-order valence-electron chi connectivity index (χ0n) is 12.9. The molecule has 0 aromatic heterocycles. The number of nitrogens with zero attached hydrogens (tertiary/aromatic N) is 3. The zero-order chi connectivity index (χ0) is 17.7. The highest BCUT2D eigenvalue weighted by Crippen LogP contribution is 2.22. The van der Waals surface area contributed by atoms with E-state index in [0.717, 1.165) is 6.07 Å². The number of piperazine rings is 1. The lowest BCUT2D eigenvalue weighted by atomic mass is 10.3. The van der Waals surface area contributed by atoms with Gasteiger partial charge >= 0.3 is 0 Å². The van der Waals surface area contributed by atoms with Gasteiger partial charge in [-0.05, 0) is 18.3 Å². The lowest BCUT2D eigenvalue weighted by Gasteiger charge is -2.35. The Bertz CT molecular complexity index is 743. The van der Waals surface area contributed by atoms with Gasteiger partial charge in [0.05, 0.1) is 9.82 Å². The highest BCUT2D eigenvalue weighted by atomic mass is 32.2. The van der Waals surface area contributed by atoms with E-state index in [2.05, 4.69) is 11.9 Å². The molecule has 1 aliphatic heterocycles. The second-order valence-electron chi connectivity index (χ2n) is 5.12. The van der Waals surface area contributed by atoms with Crippen LogP contribution in [-0.4, -0.2) is 60.4 Å². The average Bonchev–Trinajstić information content (AvgIpc) is 2.59. The lowest BCUT2D eigenvalue weighted by molar-refractivity contribution is -0.385. The molecule has 130 valence electrons. The Kier molecular flexibility index (Phi) is 5.86. The summed E-state index contributed by atoms with van der Waals surface area (Å²) in [5, 5.41) is 14.4. The third-order valence-electron chi connectivity index (χ3n) is 3.59. The normalized spacial score (nSPS) is 15.8. The van der Waals surface area contributed by atoms with Gasteiger partial charge in [-0.2, -0.15) is 4.31 Å². The number of thiocarbonyl (C=S) groups is 1. The van der Waals surface area contributed by atoms with Crippen molar-refractivity contribution in [1.29, 1.82) is 0 Å². The van der Waals surface area contributed by atoms with Gasteiger partial charge in [0.1, 0.15) is 0 Å². The van der Waals surface area contributed by atoms with E-state index in [-0.39, 0.29) is 23.7 Å². The second kappa shape index (κ2) is 7.69. The number of rotatable bonds is 5. The second-order valence-corrected chi connectivity index (χ2v) is 7.44. The van der Waals surface area contributed by atoms with E-state index in [9.17, 15) is 18.5 Å². The standard InChI is InChI=1S/C14H18N4O4S2/c1-2-6-15-14(23)16-7-9-17(10-8-16)24(21,22)13-5-3-4-12(11-13)18(19)20/h2-5,11H,1,6-10H2,(H,15,23). The molecule has 1 saturated heterocycles. The highest BCUT2D eigenvalue weighted by molar-refractivity contribution is 7.89. The highest BCUT2D eigenvalue weighted by Gasteiger charge is 2.30. The Balaban J connectivity index is 2.07. The van der Waals surface area contributed by atoms with Gasteiger partial charge < -0.3 is 10.2 Å². The molecular formula is C14H18N4O4S2. The molecule has 0 bridgehead atoms. The molecule has 1 heterocycles. The number of hydrogen-bond donors (Lipinski definition) is 1. The van der Waals surface area contributed by atoms with Gasteiger partial charge in [-0.25, -0.2) is 8.42 Å². The van der Waals surface area contributed by atoms with Crippen molar-refractivity contribution in [3.05, 3.63) is 47.0 Å². The molecule has 24 heavy (non-hydrogen) atoms. The number of nitrogens with one attached hydrogen (secondary N) is 1. The third kappa shape index (κ3) is 4.08. The minimum absolute atomic E-state index is 0.0718. The first-order valence-corrected chi connectivity index (χ1v) is 9.09. The smallest absolute Gasteiger partial charge is 0.270 e. The SMILES string of the molecule is C=CCNC(=S)N1CCN(S(=O)(=O)c2cccc([N+](=O)[O-])c2)CC1. The maximum absolute atomic E-state index is 12.6. The van der Waals surface area contributed by atoms with Gasteiger partial charge in [0, 0.05) is 44.9 Å². The van der Waals surface area contributed by atoms with Gasteiger partial charge in [-0.3, -0.25) is 10.1 Å². The van der Waals surface area contributed by atoms with Crippen LogP contribution in [0, 0.1) is 10.1 Å². The molecule has 1 aromatic rings. The fourth-order valence-corrected chi connectivity index (χ4v) is 4.04. The number of nitro groups is 1. The molecule has 10 heteroatoms. The number of sulfonamides is 1. The first kappa shape index (κ1) is 18.3. The van der Waals surface area contributed by atoms with Gasteiger partial charge in [0.15, 0.2) is 5.11 Å². The average molecular weight is 370 g/mol. The monoisotopic (exact) mass is 370 g/mol. The third-order valence-corrected chi connectivity index (χ3v) is 5.89. The van der Waals surface area contributed by atoms with Crippen molar-refractivity contribution in [2.24, 2.45) is 0 Å². The van der Waals surface area contributed by atoms with E-state index in [1.807, 2.05) is 4.90 Å². The topological polar surface area (TPSA) is 95.8 Å². The molecule has 2 rings (SSSR count). The van der Waals surface area contributed by atoms with Crippen LogP contribution in [0.1, 0.15) is 0 Å². The van der Waals surface area contributed by atoms with Crippen molar-refractivity contribution in [3.8, 4) is 0 Å². The molecule has 0 amide bonds.